The van der Waals surface area contributed by atoms with Crippen molar-refractivity contribution in [3.05, 3.63) is 100 Å². The fraction of sp³-hybridized carbons (Fsp3) is 0.400. The van der Waals surface area contributed by atoms with E-state index in [4.69, 9.17) is 11.6 Å². The van der Waals surface area contributed by atoms with Crippen molar-refractivity contribution in [1.82, 2.24) is 25.3 Å². The van der Waals surface area contributed by atoms with E-state index in [1.165, 1.54) is 5.56 Å². The Morgan fingerprint density at radius 3 is 2.22 bits per heavy atom. The average molecular weight is 631 g/mol. The van der Waals surface area contributed by atoms with Gasteiger partial charge in [0.05, 0.1) is 11.6 Å². The number of carbonyl (C=O) groups excluding carboxylic acids is 3. The Balaban J connectivity index is 0.00000417. The maximum atomic E-state index is 14.0. The summed E-state index contributed by atoms with van der Waals surface area (Å²) in [5, 5.41) is 7.05. The molecule has 238 valence electrons. The number of fused-ring (bicyclic) bond motifs is 1. The van der Waals surface area contributed by atoms with Crippen molar-refractivity contribution in [2.75, 3.05) is 64.3 Å². The number of amides is 3. The van der Waals surface area contributed by atoms with Crippen molar-refractivity contribution in [2.45, 2.75) is 31.5 Å². The summed E-state index contributed by atoms with van der Waals surface area (Å²) in [7, 11) is 2.08. The lowest BCUT2D eigenvalue weighted by Gasteiger charge is -2.39. The number of hydrogen-bond acceptors (Lipinski definition) is 6. The zero-order valence-corrected chi connectivity index (χ0v) is 26.5. The van der Waals surface area contributed by atoms with Gasteiger partial charge in [-0.15, -0.1) is 0 Å². The van der Waals surface area contributed by atoms with Crippen molar-refractivity contribution in [3.63, 3.8) is 0 Å². The summed E-state index contributed by atoms with van der Waals surface area (Å²) in [6, 6.07) is 22.2. The monoisotopic (exact) mass is 630 g/mol. The van der Waals surface area contributed by atoms with Gasteiger partial charge in [0, 0.05) is 77.5 Å². The van der Waals surface area contributed by atoms with Crippen LogP contribution in [0.25, 0.3) is 0 Å². The van der Waals surface area contributed by atoms with Gasteiger partial charge in [0.25, 0.3) is 5.91 Å². The van der Waals surface area contributed by atoms with E-state index in [-0.39, 0.29) is 19.1 Å². The Labute approximate surface area is 271 Å². The number of hydrogen-bond donors (Lipinski definition) is 2. The standard InChI is InChI=1S/C35H41ClN6O3.H2/c1-39-14-16-41(17-15-39)34(44)29-8-4-5-9-32(29)40-18-20-42(21-19-40)35(45)31(22-25-10-12-28(36)13-11-25)38-33(43)30-23-26-6-2-3-7-27(26)24-37-30;/h2-13,30-31,37H,14-24H2,1H3,(H,38,43);1H/t30-,31+;/m0./s1. The molecule has 3 aliphatic rings. The first-order valence-corrected chi connectivity index (χ1v) is 16.2. The molecule has 45 heavy (non-hydrogen) atoms. The summed E-state index contributed by atoms with van der Waals surface area (Å²) in [6.07, 6.45) is 0.947. The number of nitrogens with zero attached hydrogens (tertiary/aromatic N) is 4. The fourth-order valence-electron chi connectivity index (χ4n) is 6.47. The molecule has 0 bridgehead atoms. The van der Waals surface area contributed by atoms with Crippen LogP contribution in [0.1, 0.15) is 28.5 Å². The second-order valence-electron chi connectivity index (χ2n) is 12.2. The molecule has 0 spiro atoms. The average Bonchev–Trinajstić information content (AvgIpc) is 3.08. The minimum absolute atomic E-state index is 0. The molecule has 0 radical (unpaired) electrons. The minimum atomic E-state index is -0.713. The van der Waals surface area contributed by atoms with Gasteiger partial charge < -0.3 is 30.2 Å². The lowest BCUT2D eigenvalue weighted by molar-refractivity contribution is -0.137. The largest absolute Gasteiger partial charge is 0.367 e. The number of likely N-dealkylation sites (N-methyl/N-ethyl adjacent to an activating group) is 1. The van der Waals surface area contributed by atoms with Gasteiger partial charge in [-0.25, -0.2) is 0 Å². The minimum Gasteiger partial charge on any atom is -0.367 e. The van der Waals surface area contributed by atoms with Gasteiger partial charge in [0.15, 0.2) is 0 Å². The highest BCUT2D eigenvalue weighted by Crippen LogP contribution is 2.25. The fourth-order valence-corrected chi connectivity index (χ4v) is 6.59. The molecule has 3 aromatic rings. The maximum Gasteiger partial charge on any atom is 0.256 e. The number of anilines is 1. The van der Waals surface area contributed by atoms with E-state index in [1.54, 1.807) is 12.1 Å². The second-order valence-corrected chi connectivity index (χ2v) is 12.7. The van der Waals surface area contributed by atoms with Gasteiger partial charge in [0.1, 0.15) is 6.04 Å². The van der Waals surface area contributed by atoms with Gasteiger partial charge in [-0.1, -0.05) is 60.1 Å². The van der Waals surface area contributed by atoms with Crippen LogP contribution in [-0.4, -0.2) is 104 Å². The number of benzene rings is 3. The molecule has 3 aromatic carbocycles. The normalized spacial score (nSPS) is 19.5. The van der Waals surface area contributed by atoms with Gasteiger partial charge >= 0.3 is 0 Å². The summed E-state index contributed by atoms with van der Waals surface area (Å²) in [4.78, 5) is 49.2. The van der Waals surface area contributed by atoms with Crippen LogP contribution >= 0.6 is 11.6 Å². The van der Waals surface area contributed by atoms with Crippen LogP contribution in [0.4, 0.5) is 5.69 Å². The predicted octanol–water partition coefficient (Wildman–Crippen LogP) is 3.06. The van der Waals surface area contributed by atoms with Crippen LogP contribution in [0.2, 0.25) is 5.02 Å². The first-order valence-electron chi connectivity index (χ1n) is 15.8. The molecule has 3 aliphatic heterocycles. The highest BCUT2D eigenvalue weighted by Gasteiger charge is 2.33. The molecule has 3 heterocycles. The number of halogens is 1. The molecular formula is C35H43ClN6O3. The van der Waals surface area contributed by atoms with Crippen LogP contribution in [0.3, 0.4) is 0 Å². The van der Waals surface area contributed by atoms with E-state index in [9.17, 15) is 14.4 Å². The molecule has 2 fully saturated rings. The van der Waals surface area contributed by atoms with Gasteiger partial charge in [-0.2, -0.15) is 0 Å². The zero-order chi connectivity index (χ0) is 31.3. The van der Waals surface area contributed by atoms with Crippen molar-refractivity contribution >= 4 is 35.0 Å². The van der Waals surface area contributed by atoms with Crippen LogP contribution in [0.15, 0.2) is 72.8 Å². The molecule has 0 aromatic heterocycles. The van der Waals surface area contributed by atoms with Crippen LogP contribution < -0.4 is 15.5 Å². The summed E-state index contributed by atoms with van der Waals surface area (Å²) in [6.45, 7) is 5.98. The molecule has 10 heteroatoms. The molecule has 0 saturated carbocycles. The Morgan fingerprint density at radius 2 is 1.49 bits per heavy atom. The SMILES string of the molecule is CN1CCN(C(=O)c2ccccc2N2CCN(C(=O)[C@@H](Cc3ccc(Cl)cc3)NC(=O)[C@@H]3Cc4ccccc4CN3)CC2)CC1.[HH]. The van der Waals surface area contributed by atoms with E-state index in [0.29, 0.717) is 56.2 Å². The topological polar surface area (TPSA) is 88.2 Å². The number of para-hydroxylation sites is 1. The number of piperazine rings is 2. The van der Waals surface area contributed by atoms with Crippen molar-refractivity contribution in [3.8, 4) is 0 Å². The molecule has 2 saturated heterocycles. The molecule has 0 unspecified atom stereocenters. The number of rotatable bonds is 7. The molecular weight excluding hydrogens is 588 g/mol. The molecule has 2 atom stereocenters. The van der Waals surface area contributed by atoms with Crippen molar-refractivity contribution in [2.24, 2.45) is 0 Å². The summed E-state index contributed by atoms with van der Waals surface area (Å²) in [5.41, 5.74) is 4.88. The van der Waals surface area contributed by atoms with Gasteiger partial charge in [-0.05, 0) is 54.4 Å². The van der Waals surface area contributed by atoms with Crippen LogP contribution in [-0.2, 0) is 29.0 Å². The van der Waals surface area contributed by atoms with Crippen LogP contribution in [0.5, 0.6) is 0 Å². The Morgan fingerprint density at radius 1 is 0.844 bits per heavy atom. The highest BCUT2D eigenvalue weighted by molar-refractivity contribution is 6.30. The third kappa shape index (κ3) is 7.32. The predicted molar refractivity (Wildman–Crippen MR) is 179 cm³/mol. The molecule has 9 nitrogen and oxygen atoms in total. The first-order chi connectivity index (χ1) is 21.9. The number of carbonyl (C=O) groups is 3. The summed E-state index contributed by atoms with van der Waals surface area (Å²) < 4.78 is 0. The van der Waals surface area contributed by atoms with Crippen molar-refractivity contribution in [1.29, 1.82) is 0 Å². The Bertz CT molecular complexity index is 1520. The van der Waals surface area contributed by atoms with E-state index in [1.807, 2.05) is 58.3 Å². The van der Waals surface area contributed by atoms with Gasteiger partial charge in [0.2, 0.25) is 11.8 Å². The van der Waals surface area contributed by atoms with E-state index >= 15 is 0 Å². The Kier molecular flexibility index (Phi) is 9.68. The maximum absolute atomic E-state index is 14.0. The smallest absolute Gasteiger partial charge is 0.256 e. The van der Waals surface area contributed by atoms with E-state index in [0.717, 1.165) is 43.0 Å². The van der Waals surface area contributed by atoms with Gasteiger partial charge in [-0.3, -0.25) is 14.4 Å². The van der Waals surface area contributed by atoms with Crippen molar-refractivity contribution < 1.29 is 15.8 Å². The van der Waals surface area contributed by atoms with E-state index < -0.39 is 12.1 Å². The third-order valence-corrected chi connectivity index (χ3v) is 9.47. The number of nitrogens with one attached hydrogen (secondary N) is 2. The van der Waals surface area contributed by atoms with Crippen LogP contribution in [0, 0.1) is 0 Å². The lowest BCUT2D eigenvalue weighted by Crippen LogP contribution is -2.58. The molecule has 3 amide bonds. The highest BCUT2D eigenvalue weighted by atomic mass is 35.5. The molecule has 6 rings (SSSR count). The van der Waals surface area contributed by atoms with E-state index in [2.05, 4.69) is 39.6 Å². The summed E-state index contributed by atoms with van der Waals surface area (Å²) >= 11 is 6.12. The Hall–Kier alpha value is -3.92. The lowest BCUT2D eigenvalue weighted by atomic mass is 9.95. The quantitative estimate of drug-likeness (QED) is 0.417. The molecule has 0 aliphatic carbocycles. The first kappa shape index (κ1) is 31.1. The zero-order valence-electron chi connectivity index (χ0n) is 25.8. The summed E-state index contributed by atoms with van der Waals surface area (Å²) in [5.74, 6) is -0.218. The molecule has 2 N–H and O–H groups in total. The second kappa shape index (κ2) is 14.0. The third-order valence-electron chi connectivity index (χ3n) is 9.22.